The van der Waals surface area contributed by atoms with Crippen LogP contribution in [0.3, 0.4) is 0 Å². The van der Waals surface area contributed by atoms with Crippen molar-refractivity contribution in [3.8, 4) is 0 Å². The molecule has 0 spiro atoms. The van der Waals surface area contributed by atoms with Crippen LogP contribution in [-0.2, 0) is 28.6 Å². The third kappa shape index (κ3) is 28.6. The molecule has 0 bridgehead atoms. The topological polar surface area (TPSA) is 78.9 Å². The van der Waals surface area contributed by atoms with Crippen LogP contribution in [-0.4, -0.2) is 69.2 Å². The van der Waals surface area contributed by atoms with Gasteiger partial charge in [0.25, 0.3) is 0 Å². The van der Waals surface area contributed by atoms with Crippen LogP contribution in [0.1, 0.15) is 141 Å². The van der Waals surface area contributed by atoms with Gasteiger partial charge in [0.1, 0.15) is 0 Å². The summed E-state index contributed by atoms with van der Waals surface area (Å²) in [6.07, 6.45) is 6.58. The van der Waals surface area contributed by atoms with Crippen molar-refractivity contribution < 1.29 is 28.6 Å². The monoisotopic (exact) mass is 828 g/mol. The van der Waals surface area contributed by atoms with Crippen LogP contribution < -0.4 is 0 Å². The molecule has 0 aromatic heterocycles. The Labute approximate surface area is 302 Å². The maximum atomic E-state index is 12.6. The average molecular weight is 828 g/mol. The van der Waals surface area contributed by atoms with Crippen LogP contribution in [0.5, 0.6) is 0 Å². The van der Waals surface area contributed by atoms with E-state index in [1.807, 2.05) is 26.8 Å². The maximum absolute atomic E-state index is 12.6. The molecule has 0 heterocycles. The van der Waals surface area contributed by atoms with Crippen LogP contribution in [0.4, 0.5) is 0 Å². The SMILES string of the molecule is CCC[CH2][Sn]([S]CCOC(=O)CC(C)CC(C)(C)C)([S]CCOC(=O)CC(C)CC(C)(C)C)[S]CCOC(=O)CC(C)CC(C)(C)C. The predicted molar refractivity (Wildman–Crippen MR) is 209 cm³/mol. The van der Waals surface area contributed by atoms with Crippen molar-refractivity contribution in [3.63, 3.8) is 0 Å². The van der Waals surface area contributed by atoms with Crippen molar-refractivity contribution in [1.29, 1.82) is 0 Å². The molecule has 6 nitrogen and oxygen atoms in total. The third-order valence-corrected chi connectivity index (χ3v) is 47.3. The second kappa shape index (κ2) is 23.7. The fourth-order valence-corrected chi connectivity index (χ4v) is 44.5. The zero-order chi connectivity index (χ0) is 36.3. The van der Waals surface area contributed by atoms with Gasteiger partial charge in [-0.2, -0.15) is 0 Å². The van der Waals surface area contributed by atoms with Gasteiger partial charge in [-0.3, -0.25) is 0 Å². The van der Waals surface area contributed by atoms with E-state index in [1.54, 1.807) is 0 Å². The molecule has 0 aliphatic heterocycles. The van der Waals surface area contributed by atoms with Gasteiger partial charge < -0.3 is 0 Å². The molecule has 3 atom stereocenters. The van der Waals surface area contributed by atoms with Crippen LogP contribution in [0.15, 0.2) is 0 Å². The quantitative estimate of drug-likeness (QED) is 0.0409. The first-order valence-corrected chi connectivity index (χ1v) is 33.4. The van der Waals surface area contributed by atoms with Crippen molar-refractivity contribution in [2.45, 2.75) is 146 Å². The molecule has 0 aliphatic carbocycles. The van der Waals surface area contributed by atoms with Gasteiger partial charge in [0.05, 0.1) is 0 Å². The minimum atomic E-state index is -2.98. The van der Waals surface area contributed by atoms with Crippen LogP contribution >= 0.6 is 26.8 Å². The molecule has 3 unspecified atom stereocenters. The average Bonchev–Trinajstić information content (AvgIpc) is 2.86. The van der Waals surface area contributed by atoms with Crippen molar-refractivity contribution in [3.05, 3.63) is 0 Å². The Bertz CT molecular complexity index is 787. The van der Waals surface area contributed by atoms with Gasteiger partial charge >= 0.3 is 304 Å². The number of carbonyl (C=O) groups is 3. The third-order valence-electron chi connectivity index (χ3n) is 7.27. The zero-order valence-corrected chi connectivity index (χ0v) is 37.8. The van der Waals surface area contributed by atoms with E-state index in [9.17, 15) is 14.4 Å². The van der Waals surface area contributed by atoms with Crippen molar-refractivity contribution in [2.24, 2.45) is 34.0 Å². The van der Waals surface area contributed by atoms with E-state index in [-0.39, 0.29) is 34.2 Å². The molecule has 0 aliphatic rings. The second-order valence-electron chi connectivity index (χ2n) is 17.2. The van der Waals surface area contributed by atoms with Gasteiger partial charge in [0, 0.05) is 0 Å². The fourth-order valence-electron chi connectivity index (χ4n) is 6.18. The summed E-state index contributed by atoms with van der Waals surface area (Å²) >= 11 is -2.98. The summed E-state index contributed by atoms with van der Waals surface area (Å²) in [7, 11) is 6.03. The minimum absolute atomic E-state index is 0.114. The van der Waals surface area contributed by atoms with Crippen molar-refractivity contribution in [2.75, 3.05) is 37.1 Å². The number of hydrogen-bond acceptors (Lipinski definition) is 9. The van der Waals surface area contributed by atoms with Crippen LogP contribution in [0.25, 0.3) is 0 Å². The van der Waals surface area contributed by atoms with Crippen LogP contribution in [0, 0.1) is 34.0 Å². The van der Waals surface area contributed by atoms with Gasteiger partial charge in [-0.05, 0) is 0 Å². The predicted octanol–water partition coefficient (Wildman–Crippen LogP) is 10.9. The molecule has 47 heavy (non-hydrogen) atoms. The first-order valence-electron chi connectivity index (χ1n) is 17.9. The van der Waals surface area contributed by atoms with Gasteiger partial charge in [-0.15, -0.1) is 0 Å². The van der Waals surface area contributed by atoms with E-state index < -0.39 is 14.2 Å². The summed E-state index contributed by atoms with van der Waals surface area (Å²) in [5.74, 6) is 2.85. The summed E-state index contributed by atoms with van der Waals surface area (Å²) in [4.78, 5) is 37.7. The van der Waals surface area contributed by atoms with E-state index in [0.29, 0.717) is 56.8 Å². The number of hydrogen-bond donors (Lipinski definition) is 0. The van der Waals surface area contributed by atoms with Crippen molar-refractivity contribution in [1.82, 2.24) is 0 Å². The van der Waals surface area contributed by atoms with E-state index in [2.05, 4.69) is 90.0 Å². The summed E-state index contributed by atoms with van der Waals surface area (Å²) in [5, 5.41) is 0. The molecule has 0 saturated carbocycles. The molecular formula is C37H72O6S3Sn. The molecule has 0 N–H and O–H groups in total. The molecule has 0 saturated heterocycles. The summed E-state index contributed by atoms with van der Waals surface area (Å²) in [6.45, 7) is 29.6. The number of esters is 3. The standard InChI is InChI=1S/3C11H22O2S.C4H9.Sn/c3*1-9(8-11(2,3)4)7-10(12)13-5-6-14;1-3-4-2;/h3*9,14H,5-8H2,1-4H3;1,3-4H2,2H3;/q;;;;+3/p-3. The fraction of sp³-hybridized carbons (Fsp3) is 0.919. The molecular weight excluding hydrogens is 755 g/mol. The Morgan fingerprint density at radius 3 is 1.06 bits per heavy atom. The number of ether oxygens (including phenoxy) is 3. The van der Waals surface area contributed by atoms with E-state index in [4.69, 9.17) is 14.2 Å². The molecule has 0 rings (SSSR count). The Kier molecular flexibility index (Phi) is 23.8. The Balaban J connectivity index is 5.24. The molecule has 0 amide bonds. The first kappa shape index (κ1) is 47.3. The molecule has 278 valence electrons. The number of carbonyl (C=O) groups excluding carboxylic acids is 3. The molecule has 0 radical (unpaired) electrons. The first-order chi connectivity index (χ1) is 21.5. The zero-order valence-electron chi connectivity index (χ0n) is 32.5. The van der Waals surface area contributed by atoms with Gasteiger partial charge in [0.2, 0.25) is 0 Å². The molecule has 10 heteroatoms. The second-order valence-corrected chi connectivity index (χ2v) is 51.3. The molecule has 0 aromatic carbocycles. The van der Waals surface area contributed by atoms with Crippen LogP contribution in [0.2, 0.25) is 4.44 Å². The van der Waals surface area contributed by atoms with E-state index in [0.717, 1.165) is 53.8 Å². The van der Waals surface area contributed by atoms with E-state index >= 15 is 0 Å². The number of unbranched alkanes of at least 4 members (excludes halogenated alkanes) is 1. The summed E-state index contributed by atoms with van der Waals surface area (Å²) < 4.78 is 18.3. The van der Waals surface area contributed by atoms with E-state index in [1.165, 1.54) is 0 Å². The normalized spacial score (nSPS) is 15.8. The van der Waals surface area contributed by atoms with Gasteiger partial charge in [-0.1, -0.05) is 0 Å². The Morgan fingerprint density at radius 2 is 0.830 bits per heavy atom. The molecule has 0 fully saturated rings. The molecule has 0 aromatic rings. The van der Waals surface area contributed by atoms with Gasteiger partial charge in [0.15, 0.2) is 0 Å². The van der Waals surface area contributed by atoms with Gasteiger partial charge in [-0.25, -0.2) is 0 Å². The number of rotatable bonds is 24. The summed E-state index contributed by atoms with van der Waals surface area (Å²) in [5.41, 5.74) is 0.569. The Hall–Kier alpha value is 0.259. The summed E-state index contributed by atoms with van der Waals surface area (Å²) in [6, 6.07) is 0. The Morgan fingerprint density at radius 1 is 0.553 bits per heavy atom. The van der Waals surface area contributed by atoms with Crippen molar-refractivity contribution >= 4 is 59.0 Å².